The van der Waals surface area contributed by atoms with E-state index in [9.17, 15) is 8.78 Å². The van der Waals surface area contributed by atoms with E-state index >= 15 is 0 Å². The van der Waals surface area contributed by atoms with Crippen LogP contribution in [0.5, 0.6) is 11.6 Å². The Kier molecular flexibility index (Phi) is 5.81. The lowest BCUT2D eigenvalue weighted by Crippen LogP contribution is -2.13. The average molecular weight is 369 g/mol. The van der Waals surface area contributed by atoms with Crippen LogP contribution in [0.4, 0.5) is 8.78 Å². The average Bonchev–Trinajstić information content (AvgIpc) is 2.42. The monoisotopic (exact) mass is 367 g/mol. The minimum atomic E-state index is -1.52. The van der Waals surface area contributed by atoms with Crippen LogP contribution in [-0.2, 0) is 11.3 Å². The van der Waals surface area contributed by atoms with Crippen LogP contribution >= 0.6 is 34.8 Å². The number of hydrogen-bond donors (Lipinski definition) is 0. The van der Waals surface area contributed by atoms with E-state index in [4.69, 9.17) is 44.3 Å². The number of para-hydroxylation sites is 1. The van der Waals surface area contributed by atoms with Gasteiger partial charge in [-0.15, -0.1) is 0 Å². The first-order valence-electron chi connectivity index (χ1n) is 6.07. The number of rotatable bonds is 5. The van der Waals surface area contributed by atoms with Crippen LogP contribution in [0, 0.1) is 11.6 Å². The van der Waals surface area contributed by atoms with Gasteiger partial charge in [-0.3, -0.25) is 0 Å². The van der Waals surface area contributed by atoms with Crippen LogP contribution in [0.1, 0.15) is 5.69 Å². The fraction of sp³-hybridized carbons (Fsp3) is 0.214. The van der Waals surface area contributed by atoms with Crippen LogP contribution < -0.4 is 4.74 Å². The van der Waals surface area contributed by atoms with E-state index in [0.717, 1.165) is 12.1 Å². The summed E-state index contributed by atoms with van der Waals surface area (Å²) in [4.78, 5) is 4.06. The summed E-state index contributed by atoms with van der Waals surface area (Å²) in [6.45, 7) is -0.0583. The molecular weight excluding hydrogens is 359 g/mol. The molecule has 0 saturated carbocycles. The van der Waals surface area contributed by atoms with Gasteiger partial charge in [0.2, 0.25) is 15.4 Å². The largest absolute Gasteiger partial charge is 0.433 e. The third kappa shape index (κ3) is 5.25. The van der Waals surface area contributed by atoms with Crippen molar-refractivity contribution >= 4 is 34.8 Å². The first-order valence-corrected chi connectivity index (χ1v) is 7.21. The molecule has 0 amide bonds. The minimum Gasteiger partial charge on any atom is -0.433 e. The first-order chi connectivity index (χ1) is 10.3. The highest BCUT2D eigenvalue weighted by atomic mass is 35.6. The van der Waals surface area contributed by atoms with Gasteiger partial charge >= 0.3 is 0 Å². The zero-order valence-electron chi connectivity index (χ0n) is 11.0. The van der Waals surface area contributed by atoms with Crippen molar-refractivity contribution < 1.29 is 18.3 Å². The Morgan fingerprint density at radius 3 is 2.27 bits per heavy atom. The van der Waals surface area contributed by atoms with Crippen molar-refractivity contribution in [1.82, 2.24) is 4.98 Å². The van der Waals surface area contributed by atoms with Crippen LogP contribution in [0.2, 0.25) is 0 Å². The van der Waals surface area contributed by atoms with E-state index in [2.05, 4.69) is 4.98 Å². The minimum absolute atomic E-state index is 0.0268. The van der Waals surface area contributed by atoms with Crippen molar-refractivity contribution in [3.8, 4) is 11.6 Å². The molecule has 0 unspecified atom stereocenters. The third-order valence-electron chi connectivity index (χ3n) is 2.42. The van der Waals surface area contributed by atoms with Gasteiger partial charge in [-0.1, -0.05) is 46.9 Å². The number of benzene rings is 1. The summed E-state index contributed by atoms with van der Waals surface area (Å²) in [6.07, 6.45) is 0. The molecule has 0 N–H and O–H groups in total. The molecule has 0 atom stereocenters. The molecule has 22 heavy (non-hydrogen) atoms. The summed E-state index contributed by atoms with van der Waals surface area (Å²) < 4.78 is 35.8. The standard InChI is InChI=1S/C14H10Cl3F2NO2/c15-14(16,17)8-21-7-9-3-1-6-12(20-9)22-13-10(18)4-2-5-11(13)19/h1-6H,7-8H2. The third-order valence-corrected chi connectivity index (χ3v) is 2.75. The molecule has 1 heterocycles. The highest BCUT2D eigenvalue weighted by Gasteiger charge is 2.19. The summed E-state index contributed by atoms with van der Waals surface area (Å²) in [5, 5.41) is 0. The Morgan fingerprint density at radius 1 is 1.00 bits per heavy atom. The van der Waals surface area contributed by atoms with Crippen molar-refractivity contribution in [1.29, 1.82) is 0 Å². The number of ether oxygens (including phenoxy) is 2. The lowest BCUT2D eigenvalue weighted by Gasteiger charge is -2.11. The molecule has 0 saturated heterocycles. The second-order valence-corrected chi connectivity index (χ2v) is 6.74. The summed E-state index contributed by atoms with van der Waals surface area (Å²) in [5.41, 5.74) is 0.462. The normalized spacial score (nSPS) is 11.5. The van der Waals surface area contributed by atoms with Gasteiger partial charge in [0.25, 0.3) is 0 Å². The van der Waals surface area contributed by atoms with E-state index < -0.39 is 21.2 Å². The van der Waals surface area contributed by atoms with Crippen LogP contribution in [-0.4, -0.2) is 15.4 Å². The van der Waals surface area contributed by atoms with E-state index in [1.165, 1.54) is 12.1 Å². The number of alkyl halides is 3. The zero-order chi connectivity index (χ0) is 16.2. The van der Waals surface area contributed by atoms with Gasteiger partial charge in [0.15, 0.2) is 11.6 Å². The van der Waals surface area contributed by atoms with Gasteiger partial charge in [0, 0.05) is 6.07 Å². The highest BCUT2D eigenvalue weighted by molar-refractivity contribution is 6.67. The van der Waals surface area contributed by atoms with Crippen molar-refractivity contribution in [3.05, 3.63) is 53.7 Å². The summed E-state index contributed by atoms with van der Waals surface area (Å²) in [5.74, 6) is -2.13. The number of nitrogens with zero attached hydrogens (tertiary/aromatic N) is 1. The molecule has 118 valence electrons. The molecule has 2 aromatic rings. The number of halogens is 5. The lowest BCUT2D eigenvalue weighted by atomic mass is 10.3. The second kappa shape index (κ2) is 7.42. The maximum Gasteiger partial charge on any atom is 0.219 e. The Labute approximate surface area is 140 Å². The van der Waals surface area contributed by atoms with E-state index in [0.29, 0.717) is 5.69 Å². The summed E-state index contributed by atoms with van der Waals surface area (Å²) >= 11 is 16.7. The molecule has 3 nitrogen and oxygen atoms in total. The van der Waals surface area contributed by atoms with Crippen LogP contribution in [0.15, 0.2) is 36.4 Å². The fourth-order valence-corrected chi connectivity index (χ4v) is 1.78. The molecule has 0 aliphatic carbocycles. The first kappa shape index (κ1) is 17.2. The summed E-state index contributed by atoms with van der Waals surface area (Å²) in [6, 6.07) is 8.13. The maximum absolute atomic E-state index is 13.5. The maximum atomic E-state index is 13.5. The van der Waals surface area contributed by atoms with Gasteiger partial charge in [0.1, 0.15) is 0 Å². The second-order valence-electron chi connectivity index (χ2n) is 4.23. The SMILES string of the molecule is Fc1cccc(F)c1Oc1cccc(COCC(Cl)(Cl)Cl)n1. The number of pyridine rings is 1. The predicted octanol–water partition coefficient (Wildman–Crippen LogP) is 5.04. The van der Waals surface area contributed by atoms with Crippen molar-refractivity contribution in [2.45, 2.75) is 10.4 Å². The van der Waals surface area contributed by atoms with Crippen LogP contribution in [0.3, 0.4) is 0 Å². The molecular formula is C14H10Cl3F2NO2. The molecule has 0 aliphatic heterocycles. The molecule has 1 aromatic heterocycles. The Hall–Kier alpha value is -1.14. The molecule has 0 aliphatic rings. The number of hydrogen-bond acceptors (Lipinski definition) is 3. The van der Waals surface area contributed by atoms with Crippen molar-refractivity contribution in [2.24, 2.45) is 0 Å². The Morgan fingerprint density at radius 2 is 1.64 bits per heavy atom. The molecule has 0 radical (unpaired) electrons. The van der Waals surface area contributed by atoms with Crippen LogP contribution in [0.25, 0.3) is 0 Å². The highest BCUT2D eigenvalue weighted by Crippen LogP contribution is 2.27. The Bertz CT molecular complexity index is 630. The van der Waals surface area contributed by atoms with Gasteiger partial charge in [-0.25, -0.2) is 13.8 Å². The molecule has 2 rings (SSSR count). The predicted molar refractivity (Wildman–Crippen MR) is 80.6 cm³/mol. The van der Waals surface area contributed by atoms with Gasteiger partial charge in [0.05, 0.1) is 18.9 Å². The van der Waals surface area contributed by atoms with Crippen molar-refractivity contribution in [2.75, 3.05) is 6.61 Å². The van der Waals surface area contributed by atoms with Gasteiger partial charge in [-0.05, 0) is 18.2 Å². The molecule has 1 aromatic carbocycles. The zero-order valence-corrected chi connectivity index (χ0v) is 13.3. The summed E-state index contributed by atoms with van der Waals surface area (Å²) in [7, 11) is 0. The lowest BCUT2D eigenvalue weighted by molar-refractivity contribution is 0.122. The van der Waals surface area contributed by atoms with E-state index in [1.54, 1.807) is 12.1 Å². The van der Waals surface area contributed by atoms with Crippen molar-refractivity contribution in [3.63, 3.8) is 0 Å². The molecule has 8 heteroatoms. The number of aromatic nitrogens is 1. The smallest absolute Gasteiger partial charge is 0.219 e. The topological polar surface area (TPSA) is 31.4 Å². The van der Waals surface area contributed by atoms with E-state index in [-0.39, 0.29) is 19.1 Å². The molecule has 0 bridgehead atoms. The quantitative estimate of drug-likeness (QED) is 0.693. The van der Waals surface area contributed by atoms with E-state index in [1.807, 2.05) is 0 Å². The van der Waals surface area contributed by atoms with Gasteiger partial charge < -0.3 is 9.47 Å². The Balaban J connectivity index is 2.05. The molecule has 0 fully saturated rings. The fourth-order valence-electron chi connectivity index (χ4n) is 1.55. The van der Waals surface area contributed by atoms with Gasteiger partial charge in [-0.2, -0.15) is 0 Å². The molecule has 0 spiro atoms.